The Bertz CT molecular complexity index is 1290. The first-order valence-corrected chi connectivity index (χ1v) is 12.6. The van der Waals surface area contributed by atoms with Crippen molar-refractivity contribution in [1.82, 2.24) is 25.1 Å². The number of amides is 1. The molecule has 1 amide bonds. The molecule has 2 aromatic carbocycles. The van der Waals surface area contributed by atoms with Gasteiger partial charge in [-0.2, -0.15) is 5.10 Å². The summed E-state index contributed by atoms with van der Waals surface area (Å²) in [5.41, 5.74) is 2.73. The monoisotopic (exact) mass is 491 g/mol. The Hall–Kier alpha value is -3.59. The van der Waals surface area contributed by atoms with Crippen molar-refractivity contribution in [3.8, 4) is 17.2 Å². The van der Waals surface area contributed by atoms with Gasteiger partial charge in [0.05, 0.1) is 36.2 Å². The Labute approximate surface area is 209 Å². The van der Waals surface area contributed by atoms with E-state index in [0.717, 1.165) is 38.8 Å². The Morgan fingerprint density at radius 3 is 2.57 bits per heavy atom. The summed E-state index contributed by atoms with van der Waals surface area (Å²) in [6.45, 7) is 7.42. The lowest BCUT2D eigenvalue weighted by Gasteiger charge is -2.12. The summed E-state index contributed by atoms with van der Waals surface area (Å²) in [6.07, 6.45) is 2.45. The molecule has 1 N–H and O–H groups in total. The fourth-order valence-electron chi connectivity index (χ4n) is 3.64. The zero-order valence-corrected chi connectivity index (χ0v) is 21.0. The molecule has 35 heavy (non-hydrogen) atoms. The Balaban J connectivity index is 1.36. The molecule has 4 aromatic rings. The van der Waals surface area contributed by atoms with Crippen molar-refractivity contribution in [3.05, 3.63) is 66.1 Å². The van der Waals surface area contributed by atoms with Gasteiger partial charge in [-0.25, -0.2) is 14.6 Å². The third-order valence-corrected chi connectivity index (χ3v) is 6.18. The largest absolute Gasteiger partial charge is 0.490 e. The van der Waals surface area contributed by atoms with E-state index in [-0.39, 0.29) is 11.7 Å². The van der Waals surface area contributed by atoms with Crippen LogP contribution in [0.25, 0.3) is 16.7 Å². The number of aryl methyl sites for hydroxylation is 1. The first kappa shape index (κ1) is 24.5. The number of carbonyl (C=O) groups is 1. The van der Waals surface area contributed by atoms with Crippen molar-refractivity contribution in [2.45, 2.75) is 32.2 Å². The Morgan fingerprint density at radius 1 is 1.03 bits per heavy atom. The highest BCUT2D eigenvalue weighted by molar-refractivity contribution is 8.00. The molecule has 9 heteroatoms. The highest BCUT2D eigenvalue weighted by Gasteiger charge is 2.14. The summed E-state index contributed by atoms with van der Waals surface area (Å²) in [5, 5.41) is 9.06. The molecule has 0 bridgehead atoms. The van der Waals surface area contributed by atoms with E-state index in [1.165, 1.54) is 11.8 Å². The normalized spacial score (nSPS) is 10.9. The van der Waals surface area contributed by atoms with E-state index in [9.17, 15) is 4.79 Å². The molecule has 8 nitrogen and oxygen atoms in total. The minimum atomic E-state index is -0.0502. The van der Waals surface area contributed by atoms with Crippen molar-refractivity contribution in [2.75, 3.05) is 25.5 Å². The smallest absolute Gasteiger partial charge is 0.230 e. The number of fused-ring (bicyclic) bond motifs is 1. The first-order valence-electron chi connectivity index (χ1n) is 11.6. The molecular formula is C26H29N5O3S. The van der Waals surface area contributed by atoms with Gasteiger partial charge >= 0.3 is 0 Å². The number of hydrogen-bond acceptors (Lipinski definition) is 7. The molecule has 0 fully saturated rings. The summed E-state index contributed by atoms with van der Waals surface area (Å²) in [4.78, 5) is 21.7. The van der Waals surface area contributed by atoms with Crippen LogP contribution in [0.3, 0.4) is 0 Å². The third-order valence-electron chi connectivity index (χ3n) is 5.19. The van der Waals surface area contributed by atoms with E-state index in [1.807, 2.05) is 69.3 Å². The summed E-state index contributed by atoms with van der Waals surface area (Å²) in [5.74, 6) is 2.31. The van der Waals surface area contributed by atoms with Crippen LogP contribution in [0.1, 0.15) is 25.2 Å². The molecule has 0 atom stereocenters. The summed E-state index contributed by atoms with van der Waals surface area (Å²) in [7, 11) is 0. The molecule has 0 saturated carbocycles. The maximum absolute atomic E-state index is 12.5. The number of nitrogens with one attached hydrogen (secondary N) is 1. The second-order valence-corrected chi connectivity index (χ2v) is 8.70. The average Bonchev–Trinajstić information content (AvgIpc) is 3.29. The van der Waals surface area contributed by atoms with Gasteiger partial charge in [-0.05, 0) is 57.0 Å². The molecule has 0 aliphatic carbocycles. The van der Waals surface area contributed by atoms with Crippen LogP contribution in [0, 0.1) is 6.92 Å². The number of benzene rings is 2. The lowest BCUT2D eigenvalue weighted by molar-refractivity contribution is -0.118. The van der Waals surface area contributed by atoms with E-state index in [2.05, 4.69) is 20.4 Å². The number of thioether (sulfide) groups is 1. The molecular weight excluding hydrogens is 462 g/mol. The fraction of sp³-hybridized carbons (Fsp3) is 0.308. The number of aromatic nitrogens is 4. The van der Waals surface area contributed by atoms with E-state index in [0.29, 0.717) is 32.0 Å². The predicted octanol–water partition coefficient (Wildman–Crippen LogP) is 4.37. The van der Waals surface area contributed by atoms with Gasteiger partial charge in [0.15, 0.2) is 17.1 Å². The summed E-state index contributed by atoms with van der Waals surface area (Å²) in [6, 6.07) is 15.7. The number of rotatable bonds is 11. The number of para-hydroxylation sites is 1. The fourth-order valence-corrected chi connectivity index (χ4v) is 4.50. The quantitative estimate of drug-likeness (QED) is 0.246. The molecule has 182 valence electrons. The highest BCUT2D eigenvalue weighted by Crippen LogP contribution is 2.29. The Kier molecular flexibility index (Phi) is 8.20. The lowest BCUT2D eigenvalue weighted by atomic mass is 10.1. The van der Waals surface area contributed by atoms with E-state index >= 15 is 0 Å². The van der Waals surface area contributed by atoms with Crippen molar-refractivity contribution >= 4 is 28.7 Å². The van der Waals surface area contributed by atoms with Gasteiger partial charge < -0.3 is 14.8 Å². The van der Waals surface area contributed by atoms with Crippen molar-refractivity contribution in [2.24, 2.45) is 0 Å². The Morgan fingerprint density at radius 2 is 1.80 bits per heavy atom. The molecule has 2 heterocycles. The van der Waals surface area contributed by atoms with Crippen LogP contribution in [-0.4, -0.2) is 51.2 Å². The van der Waals surface area contributed by atoms with Gasteiger partial charge in [-0.15, -0.1) is 0 Å². The second kappa shape index (κ2) is 11.7. The van der Waals surface area contributed by atoms with Crippen LogP contribution in [0.15, 0.2) is 59.8 Å². The standard InChI is InChI=1S/C26H29N5O3S/c1-4-33-22-12-11-19(15-23(22)34-5-2)13-14-27-24(32)17-35-26-21-16-28-31(20-9-7-6-8-10-20)25(21)29-18(3)30-26/h6-12,15-16H,4-5,13-14,17H2,1-3H3,(H,27,32). The molecule has 4 rings (SSSR count). The molecule has 0 aliphatic rings. The molecule has 0 spiro atoms. The van der Waals surface area contributed by atoms with Crippen molar-refractivity contribution in [1.29, 1.82) is 0 Å². The number of nitrogens with zero attached hydrogens (tertiary/aromatic N) is 4. The van der Waals surface area contributed by atoms with Crippen LogP contribution in [0.5, 0.6) is 11.5 Å². The lowest BCUT2D eigenvalue weighted by Crippen LogP contribution is -2.27. The summed E-state index contributed by atoms with van der Waals surface area (Å²) >= 11 is 1.39. The van der Waals surface area contributed by atoms with Gasteiger partial charge in [0.1, 0.15) is 10.9 Å². The van der Waals surface area contributed by atoms with Crippen molar-refractivity contribution < 1.29 is 14.3 Å². The van der Waals surface area contributed by atoms with E-state index < -0.39 is 0 Å². The minimum Gasteiger partial charge on any atom is -0.490 e. The van der Waals surface area contributed by atoms with Crippen LogP contribution in [0.2, 0.25) is 0 Å². The van der Waals surface area contributed by atoms with Crippen LogP contribution in [0.4, 0.5) is 0 Å². The highest BCUT2D eigenvalue weighted by atomic mass is 32.2. The molecule has 0 saturated heterocycles. The number of hydrogen-bond donors (Lipinski definition) is 1. The van der Waals surface area contributed by atoms with Crippen molar-refractivity contribution in [3.63, 3.8) is 0 Å². The maximum Gasteiger partial charge on any atom is 0.230 e. The minimum absolute atomic E-state index is 0.0502. The van der Waals surface area contributed by atoms with E-state index in [4.69, 9.17) is 9.47 Å². The number of carbonyl (C=O) groups excluding carboxylic acids is 1. The van der Waals surface area contributed by atoms with Gasteiger partial charge in [-0.3, -0.25) is 4.79 Å². The second-order valence-electron chi connectivity index (χ2n) is 7.74. The molecule has 0 unspecified atom stereocenters. The van der Waals surface area contributed by atoms with Gasteiger partial charge in [-0.1, -0.05) is 36.0 Å². The van der Waals surface area contributed by atoms with Crippen LogP contribution >= 0.6 is 11.8 Å². The zero-order chi connectivity index (χ0) is 24.6. The van der Waals surface area contributed by atoms with Crippen LogP contribution in [-0.2, 0) is 11.2 Å². The first-order chi connectivity index (χ1) is 17.1. The molecule has 0 radical (unpaired) electrons. The van der Waals surface area contributed by atoms with Gasteiger partial charge in [0.2, 0.25) is 5.91 Å². The summed E-state index contributed by atoms with van der Waals surface area (Å²) < 4.78 is 13.1. The van der Waals surface area contributed by atoms with Crippen LogP contribution < -0.4 is 14.8 Å². The molecule has 2 aromatic heterocycles. The van der Waals surface area contributed by atoms with Gasteiger partial charge in [0, 0.05) is 6.54 Å². The topological polar surface area (TPSA) is 91.2 Å². The van der Waals surface area contributed by atoms with Gasteiger partial charge in [0.25, 0.3) is 0 Å². The molecule has 0 aliphatic heterocycles. The maximum atomic E-state index is 12.5. The van der Waals surface area contributed by atoms with E-state index in [1.54, 1.807) is 10.9 Å². The zero-order valence-electron chi connectivity index (χ0n) is 20.2. The average molecular weight is 492 g/mol. The number of ether oxygens (including phenoxy) is 2. The predicted molar refractivity (Wildman–Crippen MR) is 138 cm³/mol. The third kappa shape index (κ3) is 6.10. The SMILES string of the molecule is CCOc1ccc(CCNC(=O)CSc2nc(C)nc3c2cnn3-c2ccccc2)cc1OCC.